The van der Waals surface area contributed by atoms with Crippen molar-refractivity contribution in [3.8, 4) is 5.75 Å². The minimum absolute atomic E-state index is 0.115. The van der Waals surface area contributed by atoms with Gasteiger partial charge in [0.2, 0.25) is 5.91 Å². The first-order valence-electron chi connectivity index (χ1n) is 10.6. The Balaban J connectivity index is 1.85. The fourth-order valence-corrected chi connectivity index (χ4v) is 2.97. The first-order valence-corrected chi connectivity index (χ1v) is 10.6. The molecule has 3 N–H and O–H groups in total. The van der Waals surface area contributed by atoms with E-state index in [1.807, 2.05) is 49.4 Å². The van der Waals surface area contributed by atoms with Gasteiger partial charge in [-0.2, -0.15) is 0 Å². The van der Waals surface area contributed by atoms with Crippen molar-refractivity contribution in [2.45, 2.75) is 33.2 Å². The van der Waals surface area contributed by atoms with Gasteiger partial charge in [0, 0.05) is 45.0 Å². The van der Waals surface area contributed by atoms with Crippen LogP contribution in [0.2, 0.25) is 0 Å². The van der Waals surface area contributed by atoms with Gasteiger partial charge >= 0.3 is 0 Å². The quantitative estimate of drug-likeness (QED) is 0.292. The van der Waals surface area contributed by atoms with Crippen LogP contribution in [0, 0.1) is 6.92 Å². The van der Waals surface area contributed by atoms with Gasteiger partial charge in [0.15, 0.2) is 5.96 Å². The molecule has 0 aromatic heterocycles. The lowest BCUT2D eigenvalue weighted by atomic mass is 10.1. The predicted molar refractivity (Wildman–Crippen MR) is 126 cm³/mol. The van der Waals surface area contributed by atoms with Crippen molar-refractivity contribution in [2.75, 3.05) is 39.2 Å². The Morgan fingerprint density at radius 1 is 1.10 bits per heavy atom. The van der Waals surface area contributed by atoms with Crippen LogP contribution in [0.15, 0.2) is 47.5 Å². The number of nitrogens with one attached hydrogen (secondary N) is 3. The Bertz CT molecular complexity index is 868. The molecule has 2 aromatic carbocycles. The third-order valence-electron chi connectivity index (χ3n) is 4.68. The molecular weight excluding hydrogens is 392 g/mol. The molecule has 1 amide bonds. The Hall–Kier alpha value is -3.06. The summed E-state index contributed by atoms with van der Waals surface area (Å²) in [5.74, 6) is 1.25. The molecule has 0 heterocycles. The van der Waals surface area contributed by atoms with E-state index < -0.39 is 0 Å². The highest BCUT2D eigenvalue weighted by Crippen LogP contribution is 2.20. The molecule has 0 saturated carbocycles. The van der Waals surface area contributed by atoms with Crippen LogP contribution in [0.1, 0.15) is 30.0 Å². The summed E-state index contributed by atoms with van der Waals surface area (Å²) in [5.41, 5.74) is 4.13. The molecule has 0 aliphatic rings. The average molecular weight is 427 g/mol. The van der Waals surface area contributed by atoms with Gasteiger partial charge < -0.3 is 25.4 Å². The Morgan fingerprint density at radius 2 is 1.94 bits per heavy atom. The van der Waals surface area contributed by atoms with Crippen molar-refractivity contribution in [3.05, 3.63) is 59.2 Å². The molecule has 2 rings (SSSR count). The highest BCUT2D eigenvalue weighted by atomic mass is 16.5. The van der Waals surface area contributed by atoms with Gasteiger partial charge in [-0.15, -0.1) is 0 Å². The van der Waals surface area contributed by atoms with E-state index in [0.717, 1.165) is 35.4 Å². The average Bonchev–Trinajstić information content (AvgIpc) is 2.78. The predicted octanol–water partition coefficient (Wildman–Crippen LogP) is 3.28. The highest BCUT2D eigenvalue weighted by molar-refractivity contribution is 5.95. The molecular formula is C24H34N4O3. The van der Waals surface area contributed by atoms with E-state index in [2.05, 4.69) is 27.9 Å². The molecule has 0 unspecified atom stereocenters. The molecule has 0 saturated heterocycles. The van der Waals surface area contributed by atoms with E-state index in [9.17, 15) is 4.79 Å². The second kappa shape index (κ2) is 13.3. The fourth-order valence-electron chi connectivity index (χ4n) is 2.97. The summed E-state index contributed by atoms with van der Waals surface area (Å²) in [6.07, 6.45) is 1.76. The van der Waals surface area contributed by atoms with Crippen molar-refractivity contribution >= 4 is 17.6 Å². The molecule has 7 nitrogen and oxygen atoms in total. The molecule has 0 radical (unpaired) electrons. The first-order chi connectivity index (χ1) is 15.0. The molecule has 0 atom stereocenters. The number of benzene rings is 2. The fraction of sp³-hybridized carbons (Fsp3) is 0.417. The molecule has 0 aliphatic carbocycles. The zero-order valence-electron chi connectivity index (χ0n) is 19.0. The van der Waals surface area contributed by atoms with E-state index >= 15 is 0 Å². The van der Waals surface area contributed by atoms with Gasteiger partial charge in [-0.25, -0.2) is 0 Å². The number of ether oxygens (including phenoxy) is 2. The molecule has 7 heteroatoms. The van der Waals surface area contributed by atoms with E-state index in [4.69, 9.17) is 9.47 Å². The molecule has 2 aromatic rings. The van der Waals surface area contributed by atoms with Crippen LogP contribution in [0.3, 0.4) is 0 Å². The number of carbonyl (C=O) groups is 1. The topological polar surface area (TPSA) is 84.0 Å². The van der Waals surface area contributed by atoms with Crippen molar-refractivity contribution in [3.63, 3.8) is 0 Å². The number of hydrogen-bond acceptors (Lipinski definition) is 4. The standard InChI is InChI=1S/C24H34N4O3/c1-5-19-8-6-9-21(15-19)28-23(29)17-27-24(25-3)26-16-20-11-10-18(2)14-22(20)31-13-7-12-30-4/h6,8-11,14-15H,5,7,12-13,16-17H2,1-4H3,(H,28,29)(H2,25,26,27). The maximum atomic E-state index is 12.3. The van der Waals surface area contributed by atoms with Crippen LogP contribution < -0.4 is 20.7 Å². The van der Waals surface area contributed by atoms with Crippen LogP contribution in [-0.2, 0) is 22.5 Å². The normalized spacial score (nSPS) is 11.2. The number of hydrogen-bond donors (Lipinski definition) is 3. The largest absolute Gasteiger partial charge is 0.493 e. The summed E-state index contributed by atoms with van der Waals surface area (Å²) in [6, 6.07) is 14.0. The maximum absolute atomic E-state index is 12.3. The molecule has 31 heavy (non-hydrogen) atoms. The summed E-state index contributed by atoms with van der Waals surface area (Å²) < 4.78 is 11.0. The van der Waals surface area contributed by atoms with Gasteiger partial charge in [-0.05, 0) is 42.7 Å². The molecule has 0 bridgehead atoms. The van der Waals surface area contributed by atoms with Crippen LogP contribution in [0.25, 0.3) is 0 Å². The molecule has 0 fully saturated rings. The van der Waals surface area contributed by atoms with Crippen molar-refractivity contribution in [1.29, 1.82) is 0 Å². The van der Waals surface area contributed by atoms with Crippen molar-refractivity contribution < 1.29 is 14.3 Å². The minimum atomic E-state index is -0.131. The monoisotopic (exact) mass is 426 g/mol. The lowest BCUT2D eigenvalue weighted by molar-refractivity contribution is -0.115. The number of guanidine groups is 1. The number of methoxy groups -OCH3 is 1. The maximum Gasteiger partial charge on any atom is 0.243 e. The molecule has 168 valence electrons. The van der Waals surface area contributed by atoms with E-state index in [1.54, 1.807) is 14.2 Å². The highest BCUT2D eigenvalue weighted by Gasteiger charge is 2.08. The van der Waals surface area contributed by atoms with Gasteiger partial charge in [-0.1, -0.05) is 31.2 Å². The second-order valence-electron chi connectivity index (χ2n) is 7.19. The first kappa shape index (κ1) is 24.2. The summed E-state index contributed by atoms with van der Waals surface area (Å²) in [7, 11) is 3.36. The minimum Gasteiger partial charge on any atom is -0.493 e. The Morgan fingerprint density at radius 3 is 2.68 bits per heavy atom. The van der Waals surface area contributed by atoms with Crippen LogP contribution in [0.5, 0.6) is 5.75 Å². The van der Waals surface area contributed by atoms with Crippen molar-refractivity contribution in [1.82, 2.24) is 10.6 Å². The second-order valence-corrected chi connectivity index (χ2v) is 7.19. The van der Waals surface area contributed by atoms with Gasteiger partial charge in [0.05, 0.1) is 13.2 Å². The zero-order valence-corrected chi connectivity index (χ0v) is 19.0. The van der Waals surface area contributed by atoms with Gasteiger partial charge in [0.25, 0.3) is 0 Å². The number of aryl methyl sites for hydroxylation is 2. The van der Waals surface area contributed by atoms with Crippen molar-refractivity contribution in [2.24, 2.45) is 4.99 Å². The number of amides is 1. The van der Waals surface area contributed by atoms with Crippen LogP contribution in [-0.4, -0.2) is 45.8 Å². The lowest BCUT2D eigenvalue weighted by Crippen LogP contribution is -2.41. The third-order valence-corrected chi connectivity index (χ3v) is 4.68. The van der Waals surface area contributed by atoms with Crippen LogP contribution >= 0.6 is 0 Å². The lowest BCUT2D eigenvalue weighted by Gasteiger charge is -2.15. The van der Waals surface area contributed by atoms with E-state index in [-0.39, 0.29) is 12.5 Å². The van der Waals surface area contributed by atoms with E-state index in [1.165, 1.54) is 5.56 Å². The van der Waals surface area contributed by atoms with Gasteiger partial charge in [0.1, 0.15) is 5.75 Å². The SMILES string of the molecule is CCc1cccc(NC(=O)CNC(=NC)NCc2ccc(C)cc2OCCCOC)c1. The molecule has 0 aliphatic heterocycles. The smallest absolute Gasteiger partial charge is 0.243 e. The summed E-state index contributed by atoms with van der Waals surface area (Å²) >= 11 is 0. The number of carbonyl (C=O) groups excluding carboxylic acids is 1. The van der Waals surface area contributed by atoms with E-state index in [0.29, 0.717) is 25.7 Å². The number of anilines is 1. The molecule has 0 spiro atoms. The van der Waals surface area contributed by atoms with Gasteiger partial charge in [-0.3, -0.25) is 9.79 Å². The summed E-state index contributed by atoms with van der Waals surface area (Å²) in [4.78, 5) is 16.5. The Labute approximate surface area is 185 Å². The Kier molecular flexibility index (Phi) is 10.4. The number of rotatable bonds is 11. The number of nitrogens with zero attached hydrogens (tertiary/aromatic N) is 1. The number of aliphatic imine (C=N–C) groups is 1. The summed E-state index contributed by atoms with van der Waals surface area (Å²) in [5, 5.41) is 9.19. The zero-order chi connectivity index (χ0) is 22.5. The third kappa shape index (κ3) is 8.68. The van der Waals surface area contributed by atoms with Crippen LogP contribution in [0.4, 0.5) is 5.69 Å². The summed E-state index contributed by atoms with van der Waals surface area (Å²) in [6.45, 7) is 6.03.